The van der Waals surface area contributed by atoms with Crippen molar-refractivity contribution in [3.63, 3.8) is 0 Å². The average Bonchev–Trinajstić information content (AvgIpc) is 2.68. The van der Waals surface area contributed by atoms with Gasteiger partial charge in [0.1, 0.15) is 0 Å². The van der Waals surface area contributed by atoms with E-state index in [0.29, 0.717) is 5.92 Å². The van der Waals surface area contributed by atoms with Crippen LogP contribution in [0.3, 0.4) is 0 Å². The molecule has 1 heterocycles. The SMILES string of the molecule is C[C@@H]1CC(c2ccccc2-c2ccc(-c3[c-]cccc3)nc2)C[C@H](C)C1.[Ir]. The summed E-state index contributed by atoms with van der Waals surface area (Å²) in [5.74, 6) is 2.28. The van der Waals surface area contributed by atoms with Crippen molar-refractivity contribution in [2.24, 2.45) is 11.8 Å². The van der Waals surface area contributed by atoms with Gasteiger partial charge in [-0.15, -0.1) is 35.9 Å². The number of rotatable bonds is 3. The molecule has 1 aliphatic carbocycles. The fraction of sp³-hybridized carbons (Fsp3) is 0.320. The smallest absolute Gasteiger partial charge is 0.0239 e. The van der Waals surface area contributed by atoms with Crippen molar-refractivity contribution < 1.29 is 20.1 Å². The molecule has 141 valence electrons. The van der Waals surface area contributed by atoms with Crippen LogP contribution in [0.5, 0.6) is 0 Å². The van der Waals surface area contributed by atoms with Crippen LogP contribution in [0, 0.1) is 17.9 Å². The Morgan fingerprint density at radius 3 is 2.26 bits per heavy atom. The minimum absolute atomic E-state index is 0. The summed E-state index contributed by atoms with van der Waals surface area (Å²) in [6, 6.07) is 24.5. The largest absolute Gasteiger partial charge is 0.304 e. The van der Waals surface area contributed by atoms with Crippen molar-refractivity contribution in [2.45, 2.75) is 39.0 Å². The Morgan fingerprint density at radius 1 is 0.852 bits per heavy atom. The zero-order valence-electron chi connectivity index (χ0n) is 16.0. The molecule has 4 rings (SSSR count). The monoisotopic (exact) mass is 533 g/mol. The van der Waals surface area contributed by atoms with Gasteiger partial charge in [-0.1, -0.05) is 50.2 Å². The quantitative estimate of drug-likeness (QED) is 0.340. The molecule has 2 aromatic carbocycles. The molecule has 1 unspecified atom stereocenters. The van der Waals surface area contributed by atoms with Gasteiger partial charge in [-0.05, 0) is 59.4 Å². The zero-order valence-corrected chi connectivity index (χ0v) is 18.4. The van der Waals surface area contributed by atoms with E-state index in [2.05, 4.69) is 62.4 Å². The first-order valence-electron chi connectivity index (χ1n) is 9.73. The van der Waals surface area contributed by atoms with E-state index in [-0.39, 0.29) is 20.1 Å². The van der Waals surface area contributed by atoms with Crippen molar-refractivity contribution in [1.29, 1.82) is 0 Å². The van der Waals surface area contributed by atoms with Crippen LogP contribution < -0.4 is 0 Å². The van der Waals surface area contributed by atoms with E-state index < -0.39 is 0 Å². The van der Waals surface area contributed by atoms with E-state index >= 15 is 0 Å². The van der Waals surface area contributed by atoms with Gasteiger partial charge in [0.25, 0.3) is 0 Å². The summed E-state index contributed by atoms with van der Waals surface area (Å²) in [5.41, 5.74) is 6.07. The molecule has 1 aromatic heterocycles. The zero-order chi connectivity index (χ0) is 17.9. The Hall–Kier alpha value is -1.76. The van der Waals surface area contributed by atoms with Gasteiger partial charge in [0.15, 0.2) is 0 Å². The summed E-state index contributed by atoms with van der Waals surface area (Å²) in [6.07, 6.45) is 5.98. The predicted octanol–water partition coefficient (Wildman–Crippen LogP) is 6.75. The van der Waals surface area contributed by atoms with Gasteiger partial charge in [-0.3, -0.25) is 0 Å². The van der Waals surface area contributed by atoms with Crippen molar-refractivity contribution in [2.75, 3.05) is 0 Å². The van der Waals surface area contributed by atoms with Gasteiger partial charge < -0.3 is 4.98 Å². The summed E-state index contributed by atoms with van der Waals surface area (Å²) in [4.78, 5) is 4.71. The van der Waals surface area contributed by atoms with E-state index in [9.17, 15) is 0 Å². The Balaban J connectivity index is 0.00000210. The summed E-state index contributed by atoms with van der Waals surface area (Å²) in [7, 11) is 0. The fourth-order valence-electron chi connectivity index (χ4n) is 4.58. The first kappa shape index (κ1) is 20.0. The molecule has 0 bridgehead atoms. The van der Waals surface area contributed by atoms with E-state index in [1.54, 1.807) is 0 Å². The Morgan fingerprint density at radius 2 is 1.59 bits per heavy atom. The van der Waals surface area contributed by atoms with Crippen LogP contribution in [-0.2, 0) is 20.1 Å². The van der Waals surface area contributed by atoms with Crippen LogP contribution >= 0.6 is 0 Å². The molecule has 1 saturated carbocycles. The first-order chi connectivity index (χ1) is 12.7. The molecular formula is C25H26IrN-. The van der Waals surface area contributed by atoms with Gasteiger partial charge in [0.2, 0.25) is 0 Å². The summed E-state index contributed by atoms with van der Waals surface area (Å²) in [6.45, 7) is 4.80. The van der Waals surface area contributed by atoms with E-state index in [0.717, 1.165) is 23.1 Å². The van der Waals surface area contributed by atoms with Crippen LogP contribution in [-0.4, -0.2) is 4.98 Å². The Bertz CT molecular complexity index is 847. The van der Waals surface area contributed by atoms with Crippen LogP contribution in [0.1, 0.15) is 44.6 Å². The predicted molar refractivity (Wildman–Crippen MR) is 109 cm³/mol. The van der Waals surface area contributed by atoms with Crippen LogP contribution in [0.2, 0.25) is 0 Å². The van der Waals surface area contributed by atoms with Crippen molar-refractivity contribution in [3.8, 4) is 22.4 Å². The topological polar surface area (TPSA) is 12.9 Å². The van der Waals surface area contributed by atoms with E-state index in [4.69, 9.17) is 4.98 Å². The fourth-order valence-corrected chi connectivity index (χ4v) is 4.58. The molecule has 0 saturated heterocycles. The molecule has 3 aromatic rings. The maximum absolute atomic E-state index is 4.71. The molecule has 0 N–H and O–H groups in total. The molecule has 0 amide bonds. The molecule has 0 aliphatic heterocycles. The van der Waals surface area contributed by atoms with Gasteiger partial charge in [-0.25, -0.2) is 0 Å². The van der Waals surface area contributed by atoms with Crippen molar-refractivity contribution in [1.82, 2.24) is 4.98 Å². The van der Waals surface area contributed by atoms with E-state index in [1.807, 2.05) is 24.4 Å². The first-order valence-corrected chi connectivity index (χ1v) is 9.73. The van der Waals surface area contributed by atoms with Gasteiger partial charge in [0.05, 0.1) is 0 Å². The molecule has 1 radical (unpaired) electrons. The number of hydrogen-bond acceptors (Lipinski definition) is 1. The second kappa shape index (κ2) is 8.95. The molecule has 1 nitrogen and oxygen atoms in total. The molecule has 1 aliphatic rings. The summed E-state index contributed by atoms with van der Waals surface area (Å²) in [5, 5.41) is 0. The number of nitrogens with zero attached hydrogens (tertiary/aromatic N) is 1. The van der Waals surface area contributed by atoms with Crippen LogP contribution in [0.4, 0.5) is 0 Å². The number of benzene rings is 2. The maximum atomic E-state index is 4.71. The molecule has 27 heavy (non-hydrogen) atoms. The standard InChI is InChI=1S/C25H26N.Ir/c1-18-14-19(2)16-22(15-18)24-11-7-6-10-23(24)21-12-13-25(26-17-21)20-8-4-3-5-9-20;/h3-8,10-13,17-19,22H,14-16H2,1-2H3;/q-1;/t18-,19+,22?;. The van der Waals surface area contributed by atoms with Crippen LogP contribution in [0.25, 0.3) is 22.4 Å². The Kier molecular flexibility index (Phi) is 6.63. The molecule has 1 fully saturated rings. The number of hydrogen-bond donors (Lipinski definition) is 0. The molecule has 2 heteroatoms. The third-order valence-electron chi connectivity index (χ3n) is 5.64. The van der Waals surface area contributed by atoms with Gasteiger partial charge in [0, 0.05) is 26.3 Å². The maximum Gasteiger partial charge on any atom is 0.0239 e. The Labute approximate surface area is 176 Å². The van der Waals surface area contributed by atoms with Gasteiger partial charge in [-0.2, -0.15) is 0 Å². The average molecular weight is 533 g/mol. The third kappa shape index (κ3) is 4.57. The van der Waals surface area contributed by atoms with Gasteiger partial charge >= 0.3 is 0 Å². The van der Waals surface area contributed by atoms with E-state index in [1.165, 1.54) is 36.0 Å². The number of pyridine rings is 1. The second-order valence-corrected chi connectivity index (χ2v) is 7.91. The van der Waals surface area contributed by atoms with Crippen molar-refractivity contribution >= 4 is 0 Å². The minimum atomic E-state index is 0. The van der Waals surface area contributed by atoms with Crippen molar-refractivity contribution in [3.05, 3.63) is 78.5 Å². The number of aromatic nitrogens is 1. The second-order valence-electron chi connectivity index (χ2n) is 7.91. The normalized spacial score (nSPS) is 22.1. The molecular weight excluding hydrogens is 506 g/mol. The third-order valence-corrected chi connectivity index (χ3v) is 5.64. The summed E-state index contributed by atoms with van der Waals surface area (Å²) < 4.78 is 0. The summed E-state index contributed by atoms with van der Waals surface area (Å²) >= 11 is 0. The minimum Gasteiger partial charge on any atom is -0.304 e. The van der Waals surface area contributed by atoms with Crippen LogP contribution in [0.15, 0.2) is 66.9 Å². The molecule has 3 atom stereocenters. The molecule has 0 spiro atoms.